The van der Waals surface area contributed by atoms with Crippen LogP contribution in [-0.2, 0) is 0 Å². The predicted octanol–water partition coefficient (Wildman–Crippen LogP) is 1.51. The fourth-order valence-corrected chi connectivity index (χ4v) is 1.06. The summed E-state index contributed by atoms with van der Waals surface area (Å²) < 4.78 is 5.08. The minimum atomic E-state index is 0.200. The second kappa shape index (κ2) is 2.72. The van der Waals surface area contributed by atoms with Crippen LogP contribution in [-0.4, -0.2) is 11.3 Å². The molecule has 0 saturated heterocycles. The number of nitrogens with zero attached hydrogens (tertiary/aromatic N) is 2. The first-order valence-electron chi connectivity index (χ1n) is 3.59. The quantitative estimate of drug-likeness (QED) is 0.611. The topological polar surface area (TPSA) is 66.9 Å². The fourth-order valence-electron chi connectivity index (χ4n) is 1.06. The number of hydrogen-bond acceptors (Lipinski definition) is 4. The maximum absolute atomic E-state index is 10.4. The smallest absolute Gasteiger partial charge is 0.206 e. The molecule has 0 radical (unpaired) electrons. The van der Waals surface area contributed by atoms with Crippen LogP contribution in [0.2, 0.25) is 0 Å². The van der Waals surface area contributed by atoms with Gasteiger partial charge in [-0.3, -0.25) is 4.79 Å². The van der Waals surface area contributed by atoms with E-state index in [1.807, 2.05) is 6.07 Å². The maximum atomic E-state index is 10.4. The molecular formula is C9H4N2O2. The van der Waals surface area contributed by atoms with E-state index in [1.54, 1.807) is 12.1 Å². The third-order valence-corrected chi connectivity index (χ3v) is 1.63. The highest BCUT2D eigenvalue weighted by Gasteiger charge is 2.04. The van der Waals surface area contributed by atoms with Crippen molar-refractivity contribution in [2.45, 2.75) is 0 Å². The number of aldehydes is 1. The van der Waals surface area contributed by atoms with Crippen LogP contribution in [0, 0.1) is 11.3 Å². The van der Waals surface area contributed by atoms with Gasteiger partial charge in [0.15, 0.2) is 11.9 Å². The molecule has 0 spiro atoms. The molecule has 0 aliphatic carbocycles. The Labute approximate surface area is 73.4 Å². The Morgan fingerprint density at radius 2 is 2.38 bits per heavy atom. The number of aromatic nitrogens is 1. The highest BCUT2D eigenvalue weighted by atomic mass is 16.3. The van der Waals surface area contributed by atoms with Gasteiger partial charge in [-0.1, -0.05) is 0 Å². The molecule has 4 heteroatoms. The van der Waals surface area contributed by atoms with Crippen LogP contribution in [0.3, 0.4) is 0 Å². The normalized spacial score (nSPS) is 9.77. The molecule has 2 rings (SSSR count). The van der Waals surface area contributed by atoms with Crippen molar-refractivity contribution >= 4 is 17.4 Å². The van der Waals surface area contributed by atoms with E-state index in [4.69, 9.17) is 9.68 Å². The van der Waals surface area contributed by atoms with Gasteiger partial charge in [-0.2, -0.15) is 5.26 Å². The number of carbonyl (C=O) groups is 1. The molecule has 0 aromatic carbocycles. The van der Waals surface area contributed by atoms with Gasteiger partial charge in [0.1, 0.15) is 17.3 Å². The maximum Gasteiger partial charge on any atom is 0.206 e. The molecule has 0 bridgehead atoms. The third kappa shape index (κ3) is 1.16. The van der Waals surface area contributed by atoms with Crippen molar-refractivity contribution in [1.29, 1.82) is 5.26 Å². The van der Waals surface area contributed by atoms with Crippen LogP contribution in [0.1, 0.15) is 16.2 Å². The second-order valence-corrected chi connectivity index (χ2v) is 2.46. The van der Waals surface area contributed by atoms with Crippen LogP contribution >= 0.6 is 0 Å². The first-order chi connectivity index (χ1) is 6.33. The van der Waals surface area contributed by atoms with Crippen molar-refractivity contribution in [3.63, 3.8) is 0 Å². The minimum absolute atomic E-state index is 0.200. The molecule has 0 N–H and O–H groups in total. The summed E-state index contributed by atoms with van der Waals surface area (Å²) in [6.07, 6.45) is 0.651. The highest BCUT2D eigenvalue weighted by Crippen LogP contribution is 2.16. The summed E-state index contributed by atoms with van der Waals surface area (Å²) >= 11 is 0. The number of nitriles is 1. The molecule has 2 heterocycles. The first-order valence-corrected chi connectivity index (χ1v) is 3.59. The molecular weight excluding hydrogens is 168 g/mol. The Hall–Kier alpha value is -2.15. The number of pyridine rings is 1. The van der Waals surface area contributed by atoms with Crippen molar-refractivity contribution in [1.82, 2.24) is 4.98 Å². The number of furan rings is 1. The van der Waals surface area contributed by atoms with E-state index >= 15 is 0 Å². The zero-order chi connectivity index (χ0) is 9.26. The van der Waals surface area contributed by atoms with Crippen molar-refractivity contribution in [2.75, 3.05) is 0 Å². The highest BCUT2D eigenvalue weighted by molar-refractivity contribution is 5.80. The van der Waals surface area contributed by atoms with Crippen LogP contribution in [0.25, 0.3) is 11.1 Å². The summed E-state index contributed by atoms with van der Waals surface area (Å²) in [4.78, 5) is 14.3. The summed E-state index contributed by atoms with van der Waals surface area (Å²) in [6, 6.07) is 6.52. The fraction of sp³-hybridized carbons (Fsp3) is 0. The molecule has 0 aliphatic heterocycles. The number of carbonyl (C=O) groups excluding carboxylic acids is 1. The standard InChI is InChI=1S/C9H4N2O2/c10-4-7-3-8-9(13-7)2-1-6(5-12)11-8/h1-3,5H. The molecule has 0 fully saturated rings. The van der Waals surface area contributed by atoms with E-state index in [1.165, 1.54) is 6.07 Å². The lowest BCUT2D eigenvalue weighted by atomic mass is 10.3. The van der Waals surface area contributed by atoms with Crippen LogP contribution in [0.15, 0.2) is 22.6 Å². The Balaban J connectivity index is 2.72. The van der Waals surface area contributed by atoms with Gasteiger partial charge in [-0.05, 0) is 12.1 Å². The van der Waals surface area contributed by atoms with Gasteiger partial charge >= 0.3 is 0 Å². The molecule has 0 unspecified atom stereocenters. The van der Waals surface area contributed by atoms with Crippen LogP contribution in [0.4, 0.5) is 0 Å². The summed E-state index contributed by atoms with van der Waals surface area (Å²) in [6.45, 7) is 0. The van der Waals surface area contributed by atoms with E-state index < -0.39 is 0 Å². The van der Waals surface area contributed by atoms with Crippen molar-refractivity contribution in [3.8, 4) is 6.07 Å². The summed E-state index contributed by atoms with van der Waals surface area (Å²) in [5.74, 6) is 0.200. The molecule has 0 aliphatic rings. The summed E-state index contributed by atoms with van der Waals surface area (Å²) in [5, 5.41) is 8.52. The molecule has 2 aromatic rings. The number of rotatable bonds is 1. The van der Waals surface area contributed by atoms with Gasteiger partial charge in [0.25, 0.3) is 0 Å². The largest absolute Gasteiger partial charge is 0.444 e. The van der Waals surface area contributed by atoms with Crippen molar-refractivity contribution in [3.05, 3.63) is 29.7 Å². The molecule has 62 valence electrons. The van der Waals surface area contributed by atoms with E-state index in [0.717, 1.165) is 0 Å². The molecule has 0 amide bonds. The lowest BCUT2D eigenvalue weighted by molar-refractivity contribution is 0.111. The average molecular weight is 172 g/mol. The van der Waals surface area contributed by atoms with Crippen LogP contribution < -0.4 is 0 Å². The predicted molar refractivity (Wildman–Crippen MR) is 44.1 cm³/mol. The Morgan fingerprint density at radius 1 is 1.54 bits per heavy atom. The molecule has 0 saturated carbocycles. The lowest BCUT2D eigenvalue weighted by Gasteiger charge is -1.87. The monoisotopic (exact) mass is 172 g/mol. The van der Waals surface area contributed by atoms with E-state index in [-0.39, 0.29) is 5.76 Å². The summed E-state index contributed by atoms with van der Waals surface area (Å²) in [7, 11) is 0. The van der Waals surface area contributed by atoms with E-state index in [2.05, 4.69) is 4.98 Å². The molecule has 4 nitrogen and oxygen atoms in total. The first kappa shape index (κ1) is 7.50. The van der Waals surface area contributed by atoms with Gasteiger partial charge in [0.05, 0.1) is 0 Å². The summed E-state index contributed by atoms with van der Waals surface area (Å²) in [5.41, 5.74) is 1.38. The SMILES string of the molecule is N#Cc1cc2nc(C=O)ccc2o1. The van der Waals surface area contributed by atoms with E-state index in [0.29, 0.717) is 23.1 Å². The minimum Gasteiger partial charge on any atom is -0.444 e. The molecule has 0 atom stereocenters. The van der Waals surface area contributed by atoms with Gasteiger partial charge in [0.2, 0.25) is 5.76 Å². The van der Waals surface area contributed by atoms with Crippen molar-refractivity contribution in [2.24, 2.45) is 0 Å². The molecule has 13 heavy (non-hydrogen) atoms. The van der Waals surface area contributed by atoms with Crippen molar-refractivity contribution < 1.29 is 9.21 Å². The zero-order valence-electron chi connectivity index (χ0n) is 6.52. The lowest BCUT2D eigenvalue weighted by Crippen LogP contribution is -1.83. The van der Waals surface area contributed by atoms with Crippen LogP contribution in [0.5, 0.6) is 0 Å². The number of hydrogen-bond donors (Lipinski definition) is 0. The number of fused-ring (bicyclic) bond motifs is 1. The van der Waals surface area contributed by atoms with E-state index in [9.17, 15) is 4.79 Å². The van der Waals surface area contributed by atoms with Gasteiger partial charge in [-0.15, -0.1) is 0 Å². The Bertz CT molecular complexity index is 508. The Morgan fingerprint density at radius 3 is 3.08 bits per heavy atom. The second-order valence-electron chi connectivity index (χ2n) is 2.46. The van der Waals surface area contributed by atoms with Gasteiger partial charge in [0, 0.05) is 6.07 Å². The van der Waals surface area contributed by atoms with Gasteiger partial charge in [-0.25, -0.2) is 4.98 Å². The molecule has 2 aromatic heterocycles. The van der Waals surface area contributed by atoms with Gasteiger partial charge < -0.3 is 4.42 Å². The average Bonchev–Trinajstić information content (AvgIpc) is 2.58. The third-order valence-electron chi connectivity index (χ3n) is 1.63. The Kier molecular flexibility index (Phi) is 1.57. The zero-order valence-corrected chi connectivity index (χ0v) is 6.52.